The van der Waals surface area contributed by atoms with Gasteiger partial charge in [-0.15, -0.1) is 0 Å². The standard InChI is InChI=1S/C16H24N2O3/c1-21-16(20)9-3-2-6-12-18-15(19)11-10-13-7-4-5-8-14(13)17/h4-5,7-8H,2-3,6,9-12,17H2,1H3,(H,18,19). The van der Waals surface area contributed by atoms with Gasteiger partial charge < -0.3 is 15.8 Å². The zero-order valence-electron chi connectivity index (χ0n) is 12.6. The number of benzene rings is 1. The fourth-order valence-corrected chi connectivity index (χ4v) is 2.00. The molecule has 1 rings (SSSR count). The summed E-state index contributed by atoms with van der Waals surface area (Å²) in [5, 5.41) is 2.88. The summed E-state index contributed by atoms with van der Waals surface area (Å²) in [6.07, 6.45) is 4.11. The topological polar surface area (TPSA) is 81.4 Å². The van der Waals surface area contributed by atoms with E-state index in [9.17, 15) is 9.59 Å². The average molecular weight is 292 g/mol. The van der Waals surface area contributed by atoms with Gasteiger partial charge in [-0.1, -0.05) is 24.6 Å². The Labute approximate surface area is 125 Å². The number of unbranched alkanes of at least 4 members (excludes halogenated alkanes) is 2. The van der Waals surface area contributed by atoms with Crippen LogP contribution in [0.1, 0.15) is 37.7 Å². The van der Waals surface area contributed by atoms with E-state index in [-0.39, 0.29) is 11.9 Å². The Morgan fingerprint density at radius 2 is 1.90 bits per heavy atom. The summed E-state index contributed by atoms with van der Waals surface area (Å²) in [7, 11) is 1.39. The first-order chi connectivity index (χ1) is 10.1. The van der Waals surface area contributed by atoms with Gasteiger partial charge in [-0.05, 0) is 30.9 Å². The molecule has 116 valence electrons. The van der Waals surface area contributed by atoms with Crippen molar-refractivity contribution in [2.24, 2.45) is 0 Å². The van der Waals surface area contributed by atoms with Gasteiger partial charge in [0.1, 0.15) is 0 Å². The first-order valence-electron chi connectivity index (χ1n) is 7.30. The maximum atomic E-state index is 11.7. The molecule has 0 saturated heterocycles. The van der Waals surface area contributed by atoms with Crippen LogP contribution >= 0.6 is 0 Å². The number of hydrogen-bond donors (Lipinski definition) is 2. The van der Waals surface area contributed by atoms with Crippen molar-refractivity contribution in [1.82, 2.24) is 5.32 Å². The highest BCUT2D eigenvalue weighted by molar-refractivity contribution is 5.76. The number of ether oxygens (including phenoxy) is 1. The highest BCUT2D eigenvalue weighted by atomic mass is 16.5. The quantitative estimate of drug-likeness (QED) is 0.414. The van der Waals surface area contributed by atoms with Crippen LogP contribution in [-0.2, 0) is 20.7 Å². The largest absolute Gasteiger partial charge is 0.469 e. The number of nitrogen functional groups attached to an aromatic ring is 1. The fourth-order valence-electron chi connectivity index (χ4n) is 2.00. The highest BCUT2D eigenvalue weighted by Crippen LogP contribution is 2.12. The van der Waals surface area contributed by atoms with E-state index >= 15 is 0 Å². The number of aryl methyl sites for hydroxylation is 1. The number of amides is 1. The summed E-state index contributed by atoms with van der Waals surface area (Å²) in [4.78, 5) is 22.6. The molecule has 5 heteroatoms. The lowest BCUT2D eigenvalue weighted by atomic mass is 10.1. The molecule has 0 unspecified atom stereocenters. The van der Waals surface area contributed by atoms with Crippen molar-refractivity contribution >= 4 is 17.6 Å². The number of rotatable bonds is 9. The van der Waals surface area contributed by atoms with Crippen molar-refractivity contribution in [2.45, 2.75) is 38.5 Å². The number of carbonyl (C=O) groups is 2. The Morgan fingerprint density at radius 3 is 2.62 bits per heavy atom. The zero-order chi connectivity index (χ0) is 15.5. The predicted molar refractivity (Wildman–Crippen MR) is 82.7 cm³/mol. The Bertz CT molecular complexity index is 461. The normalized spacial score (nSPS) is 10.1. The smallest absolute Gasteiger partial charge is 0.305 e. The predicted octanol–water partition coefficient (Wildman–Crippen LogP) is 2.05. The molecule has 5 nitrogen and oxygen atoms in total. The number of anilines is 1. The maximum Gasteiger partial charge on any atom is 0.305 e. The molecule has 0 saturated carbocycles. The van der Waals surface area contributed by atoms with Crippen molar-refractivity contribution in [1.29, 1.82) is 0 Å². The number of hydrogen-bond acceptors (Lipinski definition) is 4. The molecule has 21 heavy (non-hydrogen) atoms. The first-order valence-corrected chi connectivity index (χ1v) is 7.30. The van der Waals surface area contributed by atoms with Crippen LogP contribution < -0.4 is 11.1 Å². The molecule has 1 aromatic rings. The zero-order valence-corrected chi connectivity index (χ0v) is 12.6. The van der Waals surface area contributed by atoms with E-state index in [1.807, 2.05) is 24.3 Å². The van der Waals surface area contributed by atoms with E-state index in [2.05, 4.69) is 10.1 Å². The van der Waals surface area contributed by atoms with Crippen LogP contribution in [0.2, 0.25) is 0 Å². The van der Waals surface area contributed by atoms with E-state index in [4.69, 9.17) is 5.73 Å². The average Bonchev–Trinajstić information content (AvgIpc) is 2.49. The molecule has 1 aromatic carbocycles. The summed E-state index contributed by atoms with van der Waals surface area (Å²) in [6.45, 7) is 0.643. The van der Waals surface area contributed by atoms with Crippen molar-refractivity contribution in [3.05, 3.63) is 29.8 Å². The van der Waals surface area contributed by atoms with Gasteiger partial charge >= 0.3 is 5.97 Å². The highest BCUT2D eigenvalue weighted by Gasteiger charge is 2.04. The second kappa shape index (κ2) is 9.80. The number of methoxy groups -OCH3 is 1. The van der Waals surface area contributed by atoms with Gasteiger partial charge in [0.05, 0.1) is 7.11 Å². The number of nitrogens with one attached hydrogen (secondary N) is 1. The summed E-state index contributed by atoms with van der Waals surface area (Å²) in [6, 6.07) is 7.59. The summed E-state index contributed by atoms with van der Waals surface area (Å²) >= 11 is 0. The van der Waals surface area contributed by atoms with Crippen LogP contribution in [-0.4, -0.2) is 25.5 Å². The lowest BCUT2D eigenvalue weighted by Crippen LogP contribution is -2.24. The van der Waals surface area contributed by atoms with Gasteiger partial charge in [0.2, 0.25) is 5.91 Å². The lowest BCUT2D eigenvalue weighted by Gasteiger charge is -2.07. The molecule has 0 aliphatic rings. The molecule has 0 aliphatic carbocycles. The van der Waals surface area contributed by atoms with Gasteiger partial charge in [0.25, 0.3) is 0 Å². The second-order valence-corrected chi connectivity index (χ2v) is 4.94. The Kier molecular flexibility index (Phi) is 7.94. The van der Waals surface area contributed by atoms with Crippen molar-refractivity contribution in [2.75, 3.05) is 19.4 Å². The minimum absolute atomic E-state index is 0.0335. The van der Waals surface area contributed by atoms with Crippen LogP contribution in [0.5, 0.6) is 0 Å². The van der Waals surface area contributed by atoms with Gasteiger partial charge in [-0.25, -0.2) is 0 Å². The van der Waals surface area contributed by atoms with Gasteiger partial charge in [0, 0.05) is 25.1 Å². The number of carbonyl (C=O) groups excluding carboxylic acids is 2. The second-order valence-electron chi connectivity index (χ2n) is 4.94. The van der Waals surface area contributed by atoms with Crippen LogP contribution in [0.3, 0.4) is 0 Å². The maximum absolute atomic E-state index is 11.7. The third kappa shape index (κ3) is 7.34. The molecule has 0 bridgehead atoms. The van der Waals surface area contributed by atoms with E-state index in [0.717, 1.165) is 30.5 Å². The monoisotopic (exact) mass is 292 g/mol. The molecular weight excluding hydrogens is 268 g/mol. The van der Waals surface area contributed by atoms with Crippen molar-refractivity contribution in [3.63, 3.8) is 0 Å². The van der Waals surface area contributed by atoms with E-state index < -0.39 is 0 Å². The molecular formula is C16H24N2O3. The molecule has 0 radical (unpaired) electrons. The Morgan fingerprint density at radius 1 is 1.14 bits per heavy atom. The SMILES string of the molecule is COC(=O)CCCCCNC(=O)CCc1ccccc1N. The van der Waals surface area contributed by atoms with Gasteiger partial charge in [0.15, 0.2) is 0 Å². The summed E-state index contributed by atoms with van der Waals surface area (Å²) in [5.41, 5.74) is 7.56. The number of para-hydroxylation sites is 1. The van der Waals surface area contributed by atoms with Crippen LogP contribution in [0.15, 0.2) is 24.3 Å². The molecule has 1 amide bonds. The third-order valence-corrected chi connectivity index (χ3v) is 3.28. The number of nitrogens with two attached hydrogens (primary N) is 1. The van der Waals surface area contributed by atoms with E-state index in [1.54, 1.807) is 0 Å². The molecule has 3 N–H and O–H groups in total. The molecule has 0 aliphatic heterocycles. The van der Waals surface area contributed by atoms with Crippen LogP contribution in [0.25, 0.3) is 0 Å². The minimum atomic E-state index is -0.181. The van der Waals surface area contributed by atoms with Crippen LogP contribution in [0.4, 0.5) is 5.69 Å². The number of esters is 1. The Balaban J connectivity index is 2.07. The van der Waals surface area contributed by atoms with Crippen molar-refractivity contribution < 1.29 is 14.3 Å². The molecule has 0 aromatic heterocycles. The fraction of sp³-hybridized carbons (Fsp3) is 0.500. The Hall–Kier alpha value is -2.04. The molecule has 0 fully saturated rings. The van der Waals surface area contributed by atoms with Gasteiger partial charge in [-0.2, -0.15) is 0 Å². The van der Waals surface area contributed by atoms with E-state index in [1.165, 1.54) is 7.11 Å². The summed E-state index contributed by atoms with van der Waals surface area (Å²) in [5.74, 6) is -0.147. The molecule has 0 heterocycles. The summed E-state index contributed by atoms with van der Waals surface area (Å²) < 4.78 is 4.56. The lowest BCUT2D eigenvalue weighted by molar-refractivity contribution is -0.140. The van der Waals surface area contributed by atoms with E-state index in [0.29, 0.717) is 25.8 Å². The minimum Gasteiger partial charge on any atom is -0.469 e. The molecule has 0 atom stereocenters. The third-order valence-electron chi connectivity index (χ3n) is 3.28. The molecule has 0 spiro atoms. The first kappa shape index (κ1) is 17.0. The van der Waals surface area contributed by atoms with Crippen LogP contribution in [0, 0.1) is 0 Å². The van der Waals surface area contributed by atoms with Gasteiger partial charge in [-0.3, -0.25) is 9.59 Å². The van der Waals surface area contributed by atoms with Crippen molar-refractivity contribution in [3.8, 4) is 0 Å².